The van der Waals surface area contributed by atoms with Crippen molar-refractivity contribution >= 4 is 0 Å². The molecule has 0 aliphatic carbocycles. The third-order valence-corrected chi connectivity index (χ3v) is 2.20. The largest absolute Gasteiger partial charge is 0.382 e. The van der Waals surface area contributed by atoms with Crippen LogP contribution >= 0.6 is 0 Å². The summed E-state index contributed by atoms with van der Waals surface area (Å²) in [6.45, 7) is 4.93. The molecule has 4 heteroatoms. The molecule has 14 heavy (non-hydrogen) atoms. The third-order valence-electron chi connectivity index (χ3n) is 2.20. The van der Waals surface area contributed by atoms with Gasteiger partial charge in [0, 0.05) is 13.3 Å². The lowest BCUT2D eigenvalue weighted by Crippen LogP contribution is -2.11. The molecule has 0 aromatic carbocycles. The molecule has 0 spiro atoms. The molecule has 1 aromatic rings. The highest BCUT2D eigenvalue weighted by Crippen LogP contribution is 2.06. The molecular formula is C10H19N3O. The Hall–Kier alpha value is -0.900. The van der Waals surface area contributed by atoms with Crippen molar-refractivity contribution in [2.45, 2.75) is 39.2 Å². The van der Waals surface area contributed by atoms with E-state index in [2.05, 4.69) is 24.2 Å². The highest BCUT2D eigenvalue weighted by Gasteiger charge is 2.06. The highest BCUT2D eigenvalue weighted by atomic mass is 16.5. The van der Waals surface area contributed by atoms with E-state index in [0.29, 0.717) is 6.61 Å². The van der Waals surface area contributed by atoms with Gasteiger partial charge in [-0.2, -0.15) is 0 Å². The third kappa shape index (κ3) is 3.10. The molecule has 0 N–H and O–H groups in total. The van der Waals surface area contributed by atoms with Gasteiger partial charge in [-0.05, 0) is 19.8 Å². The van der Waals surface area contributed by atoms with Gasteiger partial charge in [0.1, 0.15) is 0 Å². The number of methoxy groups -OCH3 is 1. The summed E-state index contributed by atoms with van der Waals surface area (Å²) in [4.78, 5) is 0. The lowest BCUT2D eigenvalue weighted by atomic mass is 10.2. The van der Waals surface area contributed by atoms with Crippen LogP contribution in [0.2, 0.25) is 0 Å². The fourth-order valence-corrected chi connectivity index (χ4v) is 1.32. The van der Waals surface area contributed by atoms with Gasteiger partial charge in [-0.1, -0.05) is 18.6 Å². The average molecular weight is 197 g/mol. The van der Waals surface area contributed by atoms with Crippen molar-refractivity contribution < 1.29 is 4.74 Å². The molecule has 1 heterocycles. The second-order valence-electron chi connectivity index (χ2n) is 3.60. The monoisotopic (exact) mass is 197 g/mol. The van der Waals surface area contributed by atoms with Gasteiger partial charge in [-0.3, -0.25) is 0 Å². The minimum Gasteiger partial charge on any atom is -0.382 e. The van der Waals surface area contributed by atoms with Crippen LogP contribution in [0.5, 0.6) is 0 Å². The molecule has 0 fully saturated rings. The average Bonchev–Trinajstić information content (AvgIpc) is 2.63. The molecule has 1 rings (SSSR count). The first-order chi connectivity index (χ1) is 6.77. The van der Waals surface area contributed by atoms with Gasteiger partial charge in [0.2, 0.25) is 0 Å². The van der Waals surface area contributed by atoms with Crippen molar-refractivity contribution in [3.8, 4) is 0 Å². The Morgan fingerprint density at radius 2 is 2.36 bits per heavy atom. The van der Waals surface area contributed by atoms with Gasteiger partial charge < -0.3 is 4.74 Å². The minimum absolute atomic E-state index is 0.267. The smallest absolute Gasteiger partial charge is 0.0827 e. The molecule has 0 amide bonds. The number of rotatable bonds is 6. The zero-order chi connectivity index (χ0) is 10.4. The van der Waals surface area contributed by atoms with Gasteiger partial charge in [0.05, 0.1) is 18.3 Å². The first-order valence-electron chi connectivity index (χ1n) is 5.17. The second-order valence-corrected chi connectivity index (χ2v) is 3.60. The van der Waals surface area contributed by atoms with E-state index >= 15 is 0 Å². The molecule has 1 aromatic heterocycles. The van der Waals surface area contributed by atoms with E-state index in [1.54, 1.807) is 7.11 Å². The highest BCUT2D eigenvalue weighted by molar-refractivity contribution is 4.93. The zero-order valence-corrected chi connectivity index (χ0v) is 9.23. The van der Waals surface area contributed by atoms with Crippen LogP contribution in [0.25, 0.3) is 0 Å². The lowest BCUT2D eigenvalue weighted by molar-refractivity contribution is 0.156. The summed E-state index contributed by atoms with van der Waals surface area (Å²) in [6.07, 6.45) is 5.41. The van der Waals surface area contributed by atoms with Crippen LogP contribution in [0.1, 0.15) is 38.4 Å². The first kappa shape index (κ1) is 11.2. The SMILES string of the molecule is CCCCc1cn(C(C)COC)nn1. The topological polar surface area (TPSA) is 39.9 Å². The van der Waals surface area contributed by atoms with E-state index in [0.717, 1.165) is 12.1 Å². The van der Waals surface area contributed by atoms with E-state index in [-0.39, 0.29) is 6.04 Å². The van der Waals surface area contributed by atoms with Gasteiger partial charge in [0.25, 0.3) is 0 Å². The summed E-state index contributed by atoms with van der Waals surface area (Å²) in [5, 5.41) is 8.19. The maximum absolute atomic E-state index is 5.06. The maximum atomic E-state index is 5.06. The number of hydrogen-bond acceptors (Lipinski definition) is 3. The summed E-state index contributed by atoms with van der Waals surface area (Å²) in [7, 11) is 1.70. The minimum atomic E-state index is 0.267. The van der Waals surface area contributed by atoms with Crippen molar-refractivity contribution in [2.24, 2.45) is 0 Å². The van der Waals surface area contributed by atoms with E-state index in [4.69, 9.17) is 4.74 Å². The molecule has 1 atom stereocenters. The molecule has 80 valence electrons. The van der Waals surface area contributed by atoms with Gasteiger partial charge >= 0.3 is 0 Å². The first-order valence-corrected chi connectivity index (χ1v) is 5.17. The van der Waals surface area contributed by atoms with Crippen LogP contribution in [0.15, 0.2) is 6.20 Å². The fraction of sp³-hybridized carbons (Fsp3) is 0.800. The van der Waals surface area contributed by atoms with Crippen molar-refractivity contribution in [3.63, 3.8) is 0 Å². The Morgan fingerprint density at radius 3 is 3.00 bits per heavy atom. The zero-order valence-electron chi connectivity index (χ0n) is 9.23. The van der Waals surface area contributed by atoms with Crippen LogP contribution in [-0.2, 0) is 11.2 Å². The summed E-state index contributed by atoms with van der Waals surface area (Å²) in [5.41, 5.74) is 1.08. The fourth-order valence-electron chi connectivity index (χ4n) is 1.32. The molecule has 4 nitrogen and oxygen atoms in total. The Morgan fingerprint density at radius 1 is 1.57 bits per heavy atom. The number of unbranched alkanes of at least 4 members (excludes halogenated alkanes) is 1. The molecular weight excluding hydrogens is 178 g/mol. The lowest BCUT2D eigenvalue weighted by Gasteiger charge is -2.08. The summed E-state index contributed by atoms with van der Waals surface area (Å²) >= 11 is 0. The Labute approximate surface area is 85.3 Å². The quantitative estimate of drug-likeness (QED) is 0.698. The molecule has 0 saturated carbocycles. The van der Waals surface area contributed by atoms with Gasteiger partial charge in [-0.15, -0.1) is 5.10 Å². The molecule has 0 bridgehead atoms. The van der Waals surface area contributed by atoms with Gasteiger partial charge in [-0.25, -0.2) is 4.68 Å². The molecule has 1 unspecified atom stereocenters. The molecule has 0 saturated heterocycles. The van der Waals surface area contributed by atoms with Crippen LogP contribution in [0.3, 0.4) is 0 Å². The van der Waals surface area contributed by atoms with Crippen molar-refractivity contribution in [2.75, 3.05) is 13.7 Å². The van der Waals surface area contributed by atoms with E-state index < -0.39 is 0 Å². The Bertz CT molecular complexity index is 260. The van der Waals surface area contributed by atoms with Crippen molar-refractivity contribution in [1.29, 1.82) is 0 Å². The summed E-state index contributed by atoms with van der Waals surface area (Å²) < 4.78 is 6.93. The number of ether oxygens (including phenoxy) is 1. The van der Waals surface area contributed by atoms with Crippen LogP contribution in [-0.4, -0.2) is 28.7 Å². The Balaban J connectivity index is 2.49. The van der Waals surface area contributed by atoms with E-state index in [1.807, 2.05) is 10.9 Å². The predicted molar refractivity (Wildman–Crippen MR) is 55.2 cm³/mol. The normalized spacial score (nSPS) is 13.1. The molecule has 0 aliphatic rings. The number of hydrogen-bond donors (Lipinski definition) is 0. The van der Waals surface area contributed by atoms with Crippen molar-refractivity contribution in [1.82, 2.24) is 15.0 Å². The molecule has 0 aliphatic heterocycles. The summed E-state index contributed by atoms with van der Waals surface area (Å²) in [5.74, 6) is 0. The van der Waals surface area contributed by atoms with Crippen LogP contribution in [0, 0.1) is 0 Å². The van der Waals surface area contributed by atoms with Crippen LogP contribution in [0.4, 0.5) is 0 Å². The number of aryl methyl sites for hydroxylation is 1. The number of aromatic nitrogens is 3. The van der Waals surface area contributed by atoms with Crippen LogP contribution < -0.4 is 0 Å². The van der Waals surface area contributed by atoms with E-state index in [1.165, 1.54) is 12.8 Å². The standard InChI is InChI=1S/C10H19N3O/c1-4-5-6-10-7-13(12-11-10)9(2)8-14-3/h7,9H,4-6,8H2,1-3H3. The van der Waals surface area contributed by atoms with E-state index in [9.17, 15) is 0 Å². The maximum Gasteiger partial charge on any atom is 0.0827 e. The number of nitrogens with zero attached hydrogens (tertiary/aromatic N) is 3. The summed E-state index contributed by atoms with van der Waals surface area (Å²) in [6, 6.07) is 0.267. The van der Waals surface area contributed by atoms with Crippen molar-refractivity contribution in [3.05, 3.63) is 11.9 Å². The predicted octanol–water partition coefficient (Wildman–Crippen LogP) is 1.83. The Kier molecular flexibility index (Phi) is 4.59. The van der Waals surface area contributed by atoms with Gasteiger partial charge in [0.15, 0.2) is 0 Å². The second kappa shape index (κ2) is 5.75. The molecule has 0 radical (unpaired) electrons.